The van der Waals surface area contributed by atoms with E-state index in [9.17, 15) is 4.79 Å². The van der Waals surface area contributed by atoms with E-state index in [1.807, 2.05) is 6.92 Å². The molecule has 2 saturated carbocycles. The Kier molecular flexibility index (Phi) is 5.22. The van der Waals surface area contributed by atoms with Gasteiger partial charge >= 0.3 is 0 Å². The van der Waals surface area contributed by atoms with Crippen LogP contribution in [-0.2, 0) is 9.53 Å². The number of nitrogens with one attached hydrogen (secondary N) is 1. The van der Waals surface area contributed by atoms with Crippen molar-refractivity contribution in [3.8, 4) is 0 Å². The Morgan fingerprint density at radius 1 is 1.26 bits per heavy atom. The van der Waals surface area contributed by atoms with Crippen LogP contribution in [0, 0.1) is 0 Å². The summed E-state index contributed by atoms with van der Waals surface area (Å²) in [7, 11) is 0. The molecule has 110 valence electrons. The predicted octanol–water partition coefficient (Wildman–Crippen LogP) is 2.11. The zero-order valence-electron chi connectivity index (χ0n) is 12.1. The highest BCUT2D eigenvalue weighted by Gasteiger charge is 2.36. The second-order valence-electron chi connectivity index (χ2n) is 6.35. The van der Waals surface area contributed by atoms with Crippen LogP contribution in [0.25, 0.3) is 0 Å². The summed E-state index contributed by atoms with van der Waals surface area (Å²) in [6.45, 7) is 2.76. The van der Waals surface area contributed by atoms with E-state index in [-0.39, 0.29) is 5.91 Å². The van der Waals surface area contributed by atoms with Gasteiger partial charge in [0.1, 0.15) is 0 Å². The number of rotatable bonds is 9. The van der Waals surface area contributed by atoms with E-state index >= 15 is 0 Å². The number of nitrogens with two attached hydrogens (primary N) is 1. The molecule has 19 heavy (non-hydrogen) atoms. The van der Waals surface area contributed by atoms with Crippen LogP contribution in [0.5, 0.6) is 0 Å². The maximum Gasteiger partial charge on any atom is 0.237 e. The zero-order chi connectivity index (χ0) is 13.7. The first-order valence-electron chi connectivity index (χ1n) is 7.79. The number of carbonyl (C=O) groups excluding carboxylic acids is 1. The molecule has 0 aromatic carbocycles. The summed E-state index contributed by atoms with van der Waals surface area (Å²) in [6, 6.07) is 0.507. The molecule has 4 heteroatoms. The Morgan fingerprint density at radius 2 is 1.95 bits per heavy atom. The third kappa shape index (κ3) is 4.77. The first-order chi connectivity index (χ1) is 9.10. The highest BCUT2D eigenvalue weighted by Crippen LogP contribution is 2.25. The molecule has 0 saturated heterocycles. The lowest BCUT2D eigenvalue weighted by atomic mass is 9.94. The lowest BCUT2D eigenvalue weighted by Crippen LogP contribution is -2.53. The highest BCUT2D eigenvalue weighted by atomic mass is 16.5. The van der Waals surface area contributed by atoms with Gasteiger partial charge in [-0.3, -0.25) is 4.79 Å². The summed E-state index contributed by atoms with van der Waals surface area (Å²) in [4.78, 5) is 11.6. The normalized spacial score (nSPS) is 23.4. The molecule has 2 aliphatic rings. The molecule has 2 fully saturated rings. The standard InChI is InChI=1S/C15H28N2O2/c1-15(14(16)18,17-12-8-9-12)10-4-5-11-19-13-6-2-3-7-13/h12-13,17H,2-11H2,1H3,(H2,16,18). The van der Waals surface area contributed by atoms with Gasteiger partial charge in [0.25, 0.3) is 0 Å². The molecule has 2 aliphatic carbocycles. The minimum atomic E-state index is -0.533. The third-order valence-corrected chi connectivity index (χ3v) is 4.37. The first kappa shape index (κ1) is 14.8. The van der Waals surface area contributed by atoms with E-state index in [0.29, 0.717) is 12.1 Å². The smallest absolute Gasteiger partial charge is 0.237 e. The topological polar surface area (TPSA) is 64.3 Å². The fourth-order valence-electron chi connectivity index (χ4n) is 2.83. The molecule has 0 spiro atoms. The van der Waals surface area contributed by atoms with Crippen molar-refractivity contribution in [1.82, 2.24) is 5.32 Å². The van der Waals surface area contributed by atoms with Crippen LogP contribution in [-0.4, -0.2) is 30.2 Å². The molecule has 1 atom stereocenters. The van der Waals surface area contributed by atoms with Gasteiger partial charge < -0.3 is 15.8 Å². The average Bonchev–Trinajstić information content (AvgIpc) is 3.02. The molecule has 0 aliphatic heterocycles. The number of amides is 1. The van der Waals surface area contributed by atoms with Gasteiger partial charge in [-0.25, -0.2) is 0 Å². The van der Waals surface area contributed by atoms with Crippen LogP contribution in [0.1, 0.15) is 64.7 Å². The van der Waals surface area contributed by atoms with Gasteiger partial charge in [-0.1, -0.05) is 12.8 Å². The summed E-state index contributed by atoms with van der Waals surface area (Å²) >= 11 is 0. The van der Waals surface area contributed by atoms with Crippen LogP contribution in [0.4, 0.5) is 0 Å². The predicted molar refractivity (Wildman–Crippen MR) is 75.8 cm³/mol. The highest BCUT2D eigenvalue weighted by molar-refractivity contribution is 5.84. The van der Waals surface area contributed by atoms with Gasteiger partial charge in [-0.15, -0.1) is 0 Å². The van der Waals surface area contributed by atoms with Crippen molar-refractivity contribution < 1.29 is 9.53 Å². The van der Waals surface area contributed by atoms with Crippen molar-refractivity contribution >= 4 is 5.91 Å². The van der Waals surface area contributed by atoms with Gasteiger partial charge in [-0.05, 0) is 51.9 Å². The molecule has 4 nitrogen and oxygen atoms in total. The van der Waals surface area contributed by atoms with Crippen LogP contribution in [0.2, 0.25) is 0 Å². The van der Waals surface area contributed by atoms with Gasteiger partial charge in [0.15, 0.2) is 0 Å². The summed E-state index contributed by atoms with van der Waals surface area (Å²) in [5.41, 5.74) is 5.00. The Morgan fingerprint density at radius 3 is 2.53 bits per heavy atom. The molecule has 1 unspecified atom stereocenters. The maximum atomic E-state index is 11.6. The number of hydrogen-bond donors (Lipinski definition) is 2. The van der Waals surface area contributed by atoms with Gasteiger partial charge in [0, 0.05) is 12.6 Å². The molecule has 0 heterocycles. The summed E-state index contributed by atoms with van der Waals surface area (Å²) in [5.74, 6) is -0.226. The average molecular weight is 268 g/mol. The Hall–Kier alpha value is -0.610. The number of primary amides is 1. The minimum Gasteiger partial charge on any atom is -0.378 e. The molecule has 0 aromatic rings. The summed E-state index contributed by atoms with van der Waals surface area (Å²) in [6.07, 6.45) is 10.7. The van der Waals surface area contributed by atoms with E-state index in [1.165, 1.54) is 38.5 Å². The molecular weight excluding hydrogens is 240 g/mol. The largest absolute Gasteiger partial charge is 0.378 e. The van der Waals surface area contributed by atoms with Crippen molar-refractivity contribution in [1.29, 1.82) is 0 Å². The lowest BCUT2D eigenvalue weighted by molar-refractivity contribution is -0.124. The summed E-state index contributed by atoms with van der Waals surface area (Å²) in [5, 5.41) is 3.38. The number of unbranched alkanes of at least 4 members (excludes halogenated alkanes) is 1. The van der Waals surface area contributed by atoms with E-state index in [1.54, 1.807) is 0 Å². The molecular formula is C15H28N2O2. The monoisotopic (exact) mass is 268 g/mol. The molecule has 0 aromatic heterocycles. The van der Waals surface area contributed by atoms with Crippen LogP contribution < -0.4 is 11.1 Å². The van der Waals surface area contributed by atoms with Crippen molar-refractivity contribution in [2.45, 2.75) is 82.4 Å². The molecule has 2 rings (SSSR count). The quantitative estimate of drug-likeness (QED) is 0.630. The molecule has 3 N–H and O–H groups in total. The Bertz CT molecular complexity index is 299. The Balaban J connectivity index is 1.60. The van der Waals surface area contributed by atoms with Crippen LogP contribution >= 0.6 is 0 Å². The zero-order valence-corrected chi connectivity index (χ0v) is 12.1. The fourth-order valence-corrected chi connectivity index (χ4v) is 2.83. The van der Waals surface area contributed by atoms with Crippen molar-refractivity contribution in [2.24, 2.45) is 5.73 Å². The SMILES string of the molecule is CC(CCCCOC1CCCC1)(NC1CC1)C(N)=O. The first-order valence-corrected chi connectivity index (χ1v) is 7.79. The lowest BCUT2D eigenvalue weighted by Gasteiger charge is -2.27. The van der Waals surface area contributed by atoms with Gasteiger partial charge in [0.05, 0.1) is 11.6 Å². The fraction of sp³-hybridized carbons (Fsp3) is 0.933. The second kappa shape index (κ2) is 6.71. The number of hydrogen-bond acceptors (Lipinski definition) is 3. The Labute approximate surface area is 116 Å². The molecule has 0 bridgehead atoms. The minimum absolute atomic E-state index is 0.226. The molecule has 1 amide bonds. The van der Waals surface area contributed by atoms with Gasteiger partial charge in [-0.2, -0.15) is 0 Å². The van der Waals surface area contributed by atoms with E-state index in [4.69, 9.17) is 10.5 Å². The number of carbonyl (C=O) groups is 1. The third-order valence-electron chi connectivity index (χ3n) is 4.37. The van der Waals surface area contributed by atoms with E-state index in [2.05, 4.69) is 5.32 Å². The van der Waals surface area contributed by atoms with Crippen molar-refractivity contribution in [3.05, 3.63) is 0 Å². The van der Waals surface area contributed by atoms with Crippen LogP contribution in [0.15, 0.2) is 0 Å². The van der Waals surface area contributed by atoms with Crippen LogP contribution in [0.3, 0.4) is 0 Å². The van der Waals surface area contributed by atoms with Crippen molar-refractivity contribution in [2.75, 3.05) is 6.61 Å². The number of ether oxygens (including phenoxy) is 1. The summed E-state index contributed by atoms with van der Waals surface area (Å²) < 4.78 is 5.84. The van der Waals surface area contributed by atoms with Crippen molar-refractivity contribution in [3.63, 3.8) is 0 Å². The maximum absolute atomic E-state index is 11.6. The second-order valence-corrected chi connectivity index (χ2v) is 6.35. The molecule has 0 radical (unpaired) electrons. The van der Waals surface area contributed by atoms with Gasteiger partial charge in [0.2, 0.25) is 5.91 Å². The van der Waals surface area contributed by atoms with E-state index < -0.39 is 5.54 Å². The van der Waals surface area contributed by atoms with E-state index in [0.717, 1.165) is 25.9 Å².